The van der Waals surface area contributed by atoms with Crippen LogP contribution in [0.15, 0.2) is 18.3 Å². The summed E-state index contributed by atoms with van der Waals surface area (Å²) >= 11 is 0. The number of nitrogens with zero attached hydrogens (tertiary/aromatic N) is 2. The lowest BCUT2D eigenvalue weighted by Crippen LogP contribution is -2.48. The molecule has 0 radical (unpaired) electrons. The van der Waals surface area contributed by atoms with Crippen molar-refractivity contribution in [3.05, 3.63) is 23.9 Å². The zero-order valence-electron chi connectivity index (χ0n) is 11.8. The predicted octanol–water partition coefficient (Wildman–Crippen LogP) is 1.19. The van der Waals surface area contributed by atoms with Crippen molar-refractivity contribution >= 4 is 11.7 Å². The van der Waals surface area contributed by atoms with Crippen molar-refractivity contribution in [2.24, 2.45) is 5.92 Å². The maximum Gasteiger partial charge on any atom is 0.253 e. The minimum absolute atomic E-state index is 0.0310. The van der Waals surface area contributed by atoms with Crippen LogP contribution in [0, 0.1) is 5.92 Å². The summed E-state index contributed by atoms with van der Waals surface area (Å²) < 4.78 is 0. The number of hydrogen-bond acceptors (Lipinski definition) is 4. The first-order chi connectivity index (χ1) is 9.10. The summed E-state index contributed by atoms with van der Waals surface area (Å²) in [6, 6.07) is 3.87. The van der Waals surface area contributed by atoms with Gasteiger partial charge in [0.2, 0.25) is 0 Å². The third-order valence-electron chi connectivity index (χ3n) is 3.71. The molecule has 0 aliphatic carbocycles. The predicted molar refractivity (Wildman–Crippen MR) is 76.3 cm³/mol. The van der Waals surface area contributed by atoms with Crippen molar-refractivity contribution in [1.82, 2.24) is 15.2 Å². The van der Waals surface area contributed by atoms with Gasteiger partial charge in [-0.25, -0.2) is 4.98 Å². The van der Waals surface area contributed by atoms with Gasteiger partial charge in [0, 0.05) is 25.8 Å². The summed E-state index contributed by atoms with van der Waals surface area (Å²) in [6.45, 7) is 4.25. The van der Waals surface area contributed by atoms with Crippen LogP contribution >= 0.6 is 0 Å². The molecule has 104 valence electrons. The number of aromatic nitrogens is 1. The van der Waals surface area contributed by atoms with Gasteiger partial charge in [-0.3, -0.25) is 4.79 Å². The molecule has 5 nitrogen and oxygen atoms in total. The Kier molecular flexibility index (Phi) is 4.37. The lowest BCUT2D eigenvalue weighted by molar-refractivity contribution is 0.0883. The number of carbonyl (C=O) groups excluding carboxylic acids is 1. The normalized spacial score (nSPS) is 23.9. The Morgan fingerprint density at radius 2 is 2.26 bits per heavy atom. The van der Waals surface area contributed by atoms with Crippen LogP contribution in [0.4, 0.5) is 5.82 Å². The third-order valence-corrected chi connectivity index (χ3v) is 3.71. The average Bonchev–Trinajstić information content (AvgIpc) is 2.42. The van der Waals surface area contributed by atoms with Gasteiger partial charge in [-0.1, -0.05) is 6.92 Å². The first-order valence-corrected chi connectivity index (χ1v) is 6.73. The van der Waals surface area contributed by atoms with Crippen LogP contribution < -0.4 is 10.6 Å². The van der Waals surface area contributed by atoms with Crippen molar-refractivity contribution in [3.8, 4) is 0 Å². The van der Waals surface area contributed by atoms with Crippen LogP contribution in [-0.2, 0) is 0 Å². The second-order valence-electron chi connectivity index (χ2n) is 5.29. The zero-order valence-corrected chi connectivity index (χ0v) is 11.8. The Morgan fingerprint density at radius 3 is 2.84 bits per heavy atom. The fourth-order valence-corrected chi connectivity index (χ4v) is 2.50. The second-order valence-corrected chi connectivity index (χ2v) is 5.29. The molecule has 2 heterocycles. The fraction of sp³-hybridized carbons (Fsp3) is 0.571. The standard InChI is InChI=1S/C14H22N4O/c1-10-9-18(3)7-6-12(10)17-14(19)11-4-5-13(15-2)16-8-11/h4-5,8,10,12H,6-7,9H2,1-3H3,(H,15,16)(H,17,19). The van der Waals surface area contributed by atoms with Crippen LogP contribution in [0.1, 0.15) is 23.7 Å². The molecule has 19 heavy (non-hydrogen) atoms. The highest BCUT2D eigenvalue weighted by Gasteiger charge is 2.25. The third kappa shape index (κ3) is 3.44. The number of likely N-dealkylation sites (tertiary alicyclic amines) is 1. The molecule has 1 amide bonds. The van der Waals surface area contributed by atoms with Crippen LogP contribution in [0.2, 0.25) is 0 Å². The number of pyridine rings is 1. The highest BCUT2D eigenvalue weighted by atomic mass is 16.1. The number of carbonyl (C=O) groups is 1. The second kappa shape index (κ2) is 6.02. The van der Waals surface area contributed by atoms with E-state index in [2.05, 4.69) is 34.5 Å². The van der Waals surface area contributed by atoms with Crippen molar-refractivity contribution in [1.29, 1.82) is 0 Å². The Labute approximate surface area is 114 Å². The first kappa shape index (κ1) is 13.8. The highest BCUT2D eigenvalue weighted by molar-refractivity contribution is 5.94. The van der Waals surface area contributed by atoms with Crippen molar-refractivity contribution in [2.45, 2.75) is 19.4 Å². The van der Waals surface area contributed by atoms with E-state index < -0.39 is 0 Å². The summed E-state index contributed by atoms with van der Waals surface area (Å²) in [5.74, 6) is 1.22. The average molecular weight is 262 g/mol. The molecule has 2 N–H and O–H groups in total. The molecule has 1 aromatic rings. The van der Waals surface area contributed by atoms with Gasteiger partial charge in [0.1, 0.15) is 5.82 Å². The maximum atomic E-state index is 12.2. The molecule has 0 spiro atoms. The van der Waals surface area contributed by atoms with Gasteiger partial charge in [0.25, 0.3) is 5.91 Å². The number of piperidine rings is 1. The van der Waals surface area contributed by atoms with Crippen molar-refractivity contribution in [2.75, 3.05) is 32.5 Å². The molecule has 1 fully saturated rings. The fourth-order valence-electron chi connectivity index (χ4n) is 2.50. The van der Waals surface area contributed by atoms with E-state index in [1.807, 2.05) is 13.1 Å². The maximum absolute atomic E-state index is 12.2. The monoisotopic (exact) mass is 262 g/mol. The van der Waals surface area contributed by atoms with Gasteiger partial charge in [0.15, 0.2) is 0 Å². The molecule has 2 rings (SSSR count). The van der Waals surface area contributed by atoms with E-state index in [0.29, 0.717) is 11.5 Å². The molecule has 0 bridgehead atoms. The smallest absolute Gasteiger partial charge is 0.253 e. The summed E-state index contributed by atoms with van der Waals surface area (Å²) in [4.78, 5) is 18.6. The summed E-state index contributed by atoms with van der Waals surface area (Å²) in [5.41, 5.74) is 0.616. The Hall–Kier alpha value is -1.62. The van der Waals surface area contributed by atoms with Gasteiger partial charge < -0.3 is 15.5 Å². The minimum Gasteiger partial charge on any atom is -0.373 e. The minimum atomic E-state index is -0.0310. The van der Waals surface area contributed by atoms with Gasteiger partial charge in [-0.05, 0) is 38.1 Å². The zero-order chi connectivity index (χ0) is 13.8. The van der Waals surface area contributed by atoms with Crippen LogP contribution in [0.5, 0.6) is 0 Å². The largest absolute Gasteiger partial charge is 0.373 e. The van der Waals surface area contributed by atoms with Crippen LogP contribution in [-0.4, -0.2) is 49.0 Å². The van der Waals surface area contributed by atoms with E-state index in [1.165, 1.54) is 0 Å². The first-order valence-electron chi connectivity index (χ1n) is 6.73. The van der Waals surface area contributed by atoms with Gasteiger partial charge in [-0.2, -0.15) is 0 Å². The Balaban J connectivity index is 1.96. The SMILES string of the molecule is CNc1ccc(C(=O)NC2CCN(C)CC2C)cn1. The van der Waals surface area contributed by atoms with E-state index in [4.69, 9.17) is 0 Å². The molecule has 1 saturated heterocycles. The van der Waals surface area contributed by atoms with E-state index in [-0.39, 0.29) is 11.9 Å². The molecular weight excluding hydrogens is 240 g/mol. The molecule has 2 unspecified atom stereocenters. The molecule has 5 heteroatoms. The van der Waals surface area contributed by atoms with E-state index >= 15 is 0 Å². The lowest BCUT2D eigenvalue weighted by Gasteiger charge is -2.35. The van der Waals surface area contributed by atoms with E-state index in [1.54, 1.807) is 12.3 Å². The van der Waals surface area contributed by atoms with Gasteiger partial charge in [0.05, 0.1) is 5.56 Å². The summed E-state index contributed by atoms with van der Waals surface area (Å²) in [5, 5.41) is 6.05. The lowest BCUT2D eigenvalue weighted by atomic mass is 9.94. The van der Waals surface area contributed by atoms with E-state index in [0.717, 1.165) is 25.3 Å². The number of hydrogen-bond donors (Lipinski definition) is 2. The van der Waals surface area contributed by atoms with Crippen LogP contribution in [0.25, 0.3) is 0 Å². The molecule has 2 atom stereocenters. The highest BCUT2D eigenvalue weighted by Crippen LogP contribution is 2.16. The molecular formula is C14H22N4O. The number of rotatable bonds is 3. The van der Waals surface area contributed by atoms with Crippen molar-refractivity contribution in [3.63, 3.8) is 0 Å². The topological polar surface area (TPSA) is 57.3 Å². The molecule has 1 aliphatic heterocycles. The summed E-state index contributed by atoms with van der Waals surface area (Å²) in [7, 11) is 3.93. The van der Waals surface area contributed by atoms with E-state index in [9.17, 15) is 4.79 Å². The Morgan fingerprint density at radius 1 is 1.47 bits per heavy atom. The molecule has 0 saturated carbocycles. The number of amides is 1. The Bertz CT molecular complexity index is 432. The number of nitrogens with one attached hydrogen (secondary N) is 2. The van der Waals surface area contributed by atoms with Crippen molar-refractivity contribution < 1.29 is 4.79 Å². The molecule has 0 aromatic carbocycles. The quantitative estimate of drug-likeness (QED) is 0.859. The molecule has 1 aliphatic rings. The molecule has 1 aromatic heterocycles. The van der Waals surface area contributed by atoms with Gasteiger partial charge in [-0.15, -0.1) is 0 Å². The van der Waals surface area contributed by atoms with Crippen LogP contribution in [0.3, 0.4) is 0 Å². The number of anilines is 1. The summed E-state index contributed by atoms with van der Waals surface area (Å²) in [6.07, 6.45) is 2.62. The van der Waals surface area contributed by atoms with Gasteiger partial charge >= 0.3 is 0 Å².